The molecule has 3 nitrogen and oxygen atoms in total. The Balaban J connectivity index is 1.79. The fraction of sp³-hybridized carbons (Fsp3) is 0.611. The van der Waals surface area contributed by atoms with E-state index in [1.54, 1.807) is 0 Å². The molecule has 1 saturated carbocycles. The first-order valence-corrected chi connectivity index (χ1v) is 8.27. The van der Waals surface area contributed by atoms with Crippen molar-refractivity contribution < 1.29 is 0 Å². The van der Waals surface area contributed by atoms with Crippen molar-refractivity contribution in [2.75, 3.05) is 7.05 Å². The minimum Gasteiger partial charge on any atom is -0.316 e. The van der Waals surface area contributed by atoms with Crippen molar-refractivity contribution >= 4 is 10.9 Å². The van der Waals surface area contributed by atoms with Gasteiger partial charge in [-0.2, -0.15) is 5.10 Å². The third-order valence-electron chi connectivity index (χ3n) is 5.25. The molecule has 1 aromatic heterocycles. The highest BCUT2D eigenvalue weighted by Gasteiger charge is 2.26. The largest absolute Gasteiger partial charge is 0.316 e. The van der Waals surface area contributed by atoms with Crippen LogP contribution < -0.4 is 5.32 Å². The minimum atomic E-state index is 0.552. The number of fused-ring (bicyclic) bond motifs is 1. The number of nitrogens with zero attached hydrogens (tertiary/aromatic N) is 2. The van der Waals surface area contributed by atoms with Crippen molar-refractivity contribution in [3.05, 3.63) is 30.0 Å². The number of benzene rings is 1. The molecule has 21 heavy (non-hydrogen) atoms. The van der Waals surface area contributed by atoms with E-state index in [2.05, 4.69) is 43.6 Å². The predicted molar refractivity (Wildman–Crippen MR) is 88.4 cm³/mol. The Morgan fingerprint density at radius 1 is 1.24 bits per heavy atom. The summed E-state index contributed by atoms with van der Waals surface area (Å²) in [6.45, 7) is 2.39. The zero-order valence-electron chi connectivity index (χ0n) is 13.5. The van der Waals surface area contributed by atoms with Crippen LogP contribution >= 0.6 is 0 Å². The summed E-state index contributed by atoms with van der Waals surface area (Å²) in [6, 6.07) is 9.11. The van der Waals surface area contributed by atoms with Crippen LogP contribution in [0.25, 0.3) is 10.9 Å². The van der Waals surface area contributed by atoms with Gasteiger partial charge in [0.15, 0.2) is 0 Å². The van der Waals surface area contributed by atoms with Crippen molar-refractivity contribution in [3.63, 3.8) is 0 Å². The maximum absolute atomic E-state index is 4.76. The molecule has 3 heteroatoms. The highest BCUT2D eigenvalue weighted by Crippen LogP contribution is 2.32. The number of hydrogen-bond acceptors (Lipinski definition) is 2. The van der Waals surface area contributed by atoms with Crippen molar-refractivity contribution in [1.29, 1.82) is 0 Å². The van der Waals surface area contributed by atoms with Crippen molar-refractivity contribution in [2.45, 2.75) is 45.1 Å². The molecule has 1 heterocycles. The van der Waals surface area contributed by atoms with Crippen molar-refractivity contribution in [2.24, 2.45) is 18.9 Å². The molecule has 1 aliphatic carbocycles. The number of nitrogens with one attached hydrogen (secondary N) is 1. The Labute approximate surface area is 127 Å². The SMILES string of the molecule is CNC(Cc1nn(C)c2ccccc12)C1CCC(C)CC1. The second kappa shape index (κ2) is 6.18. The van der Waals surface area contributed by atoms with Gasteiger partial charge >= 0.3 is 0 Å². The minimum absolute atomic E-state index is 0.552. The molecule has 0 saturated heterocycles. The molecular formula is C18H27N3. The lowest BCUT2D eigenvalue weighted by Gasteiger charge is -2.32. The lowest BCUT2D eigenvalue weighted by molar-refractivity contribution is 0.234. The van der Waals surface area contributed by atoms with Crippen LogP contribution in [0.1, 0.15) is 38.3 Å². The Bertz CT molecular complexity index is 594. The average Bonchev–Trinajstić information content (AvgIpc) is 2.83. The summed E-state index contributed by atoms with van der Waals surface area (Å²) in [5.41, 5.74) is 2.48. The summed E-state index contributed by atoms with van der Waals surface area (Å²) in [6.07, 6.45) is 6.52. The number of likely N-dealkylation sites (N-methyl/N-ethyl adjacent to an activating group) is 1. The molecule has 0 bridgehead atoms. The van der Waals surface area contributed by atoms with Crippen molar-refractivity contribution in [3.8, 4) is 0 Å². The Morgan fingerprint density at radius 2 is 1.95 bits per heavy atom. The summed E-state index contributed by atoms with van der Waals surface area (Å²) in [4.78, 5) is 0. The third-order valence-corrected chi connectivity index (χ3v) is 5.25. The summed E-state index contributed by atoms with van der Waals surface area (Å²) >= 11 is 0. The van der Waals surface area contributed by atoms with E-state index in [4.69, 9.17) is 5.10 Å². The standard InChI is InChI=1S/C18H27N3/c1-13-8-10-14(11-9-13)16(19-2)12-17-15-6-4-5-7-18(15)21(3)20-17/h4-7,13-14,16,19H,8-12H2,1-3H3. The molecule has 1 atom stereocenters. The van der Waals surface area contributed by atoms with Gasteiger partial charge in [0.05, 0.1) is 11.2 Å². The second-order valence-corrected chi connectivity index (χ2v) is 6.71. The number of para-hydroxylation sites is 1. The quantitative estimate of drug-likeness (QED) is 0.931. The first-order valence-electron chi connectivity index (χ1n) is 8.27. The Hall–Kier alpha value is -1.35. The lowest BCUT2D eigenvalue weighted by atomic mass is 9.78. The molecule has 1 unspecified atom stereocenters. The second-order valence-electron chi connectivity index (χ2n) is 6.71. The van der Waals surface area contributed by atoms with Gasteiger partial charge in [0.25, 0.3) is 0 Å². The summed E-state index contributed by atoms with van der Waals surface area (Å²) in [7, 11) is 4.15. The van der Waals surface area contributed by atoms with Gasteiger partial charge < -0.3 is 5.32 Å². The Kier molecular flexibility index (Phi) is 4.29. The number of aryl methyl sites for hydroxylation is 1. The van der Waals surface area contributed by atoms with Crippen LogP contribution in [0.15, 0.2) is 24.3 Å². The van der Waals surface area contributed by atoms with Crippen LogP contribution in [-0.2, 0) is 13.5 Å². The monoisotopic (exact) mass is 285 g/mol. The van der Waals surface area contributed by atoms with Gasteiger partial charge in [-0.3, -0.25) is 4.68 Å². The Morgan fingerprint density at radius 3 is 2.67 bits per heavy atom. The maximum Gasteiger partial charge on any atom is 0.0718 e. The summed E-state index contributed by atoms with van der Waals surface area (Å²) in [5, 5.41) is 9.63. The first kappa shape index (κ1) is 14.6. The van der Waals surface area contributed by atoms with E-state index in [0.717, 1.165) is 18.3 Å². The zero-order chi connectivity index (χ0) is 14.8. The molecule has 0 aliphatic heterocycles. The van der Waals surface area contributed by atoms with Gasteiger partial charge in [0.2, 0.25) is 0 Å². The van der Waals surface area contributed by atoms with Gasteiger partial charge in [0.1, 0.15) is 0 Å². The van der Waals surface area contributed by atoms with Gasteiger partial charge in [-0.25, -0.2) is 0 Å². The van der Waals surface area contributed by atoms with Crippen LogP contribution in [-0.4, -0.2) is 22.9 Å². The molecule has 114 valence electrons. The number of aromatic nitrogens is 2. The van der Waals surface area contributed by atoms with Crippen LogP contribution in [0.5, 0.6) is 0 Å². The molecule has 0 radical (unpaired) electrons. The third kappa shape index (κ3) is 2.98. The van der Waals surface area contributed by atoms with Gasteiger partial charge in [0, 0.05) is 24.9 Å². The van der Waals surface area contributed by atoms with Gasteiger partial charge in [-0.15, -0.1) is 0 Å². The average molecular weight is 285 g/mol. The molecule has 1 fully saturated rings. The predicted octanol–water partition coefficient (Wildman–Crippen LogP) is 3.53. The van der Waals surface area contributed by atoms with E-state index in [9.17, 15) is 0 Å². The van der Waals surface area contributed by atoms with E-state index in [-0.39, 0.29) is 0 Å². The summed E-state index contributed by atoms with van der Waals surface area (Å²) < 4.78 is 2.01. The van der Waals surface area contributed by atoms with E-state index in [0.29, 0.717) is 6.04 Å². The van der Waals surface area contributed by atoms with Gasteiger partial charge in [-0.1, -0.05) is 38.0 Å². The normalized spacial score (nSPS) is 24.3. The van der Waals surface area contributed by atoms with Crippen LogP contribution in [0.2, 0.25) is 0 Å². The summed E-state index contributed by atoms with van der Waals surface area (Å²) in [5.74, 6) is 1.71. The van der Waals surface area contributed by atoms with Crippen LogP contribution in [0.4, 0.5) is 0 Å². The van der Waals surface area contributed by atoms with Gasteiger partial charge in [-0.05, 0) is 37.8 Å². The highest BCUT2D eigenvalue weighted by atomic mass is 15.3. The fourth-order valence-corrected chi connectivity index (χ4v) is 3.84. The van der Waals surface area contributed by atoms with Crippen LogP contribution in [0, 0.1) is 11.8 Å². The number of rotatable bonds is 4. The molecule has 2 aromatic rings. The molecule has 0 spiro atoms. The molecular weight excluding hydrogens is 258 g/mol. The molecule has 1 aliphatic rings. The van der Waals surface area contributed by atoms with E-state index < -0.39 is 0 Å². The molecule has 1 N–H and O–H groups in total. The molecule has 3 rings (SSSR count). The topological polar surface area (TPSA) is 29.9 Å². The van der Waals surface area contributed by atoms with Crippen molar-refractivity contribution in [1.82, 2.24) is 15.1 Å². The fourth-order valence-electron chi connectivity index (χ4n) is 3.84. The lowest BCUT2D eigenvalue weighted by Crippen LogP contribution is -2.37. The molecule has 0 amide bonds. The highest BCUT2D eigenvalue weighted by molar-refractivity contribution is 5.81. The first-order chi connectivity index (χ1) is 10.2. The van der Waals surface area contributed by atoms with E-state index in [1.807, 2.05) is 11.7 Å². The van der Waals surface area contributed by atoms with E-state index >= 15 is 0 Å². The smallest absolute Gasteiger partial charge is 0.0718 e. The van der Waals surface area contributed by atoms with E-state index in [1.165, 1.54) is 42.3 Å². The van der Waals surface area contributed by atoms with Crippen LogP contribution in [0.3, 0.4) is 0 Å². The number of hydrogen-bond donors (Lipinski definition) is 1. The zero-order valence-corrected chi connectivity index (χ0v) is 13.5. The molecule has 1 aromatic carbocycles. The maximum atomic E-state index is 4.76.